The molecule has 0 fully saturated rings. The van der Waals surface area contributed by atoms with Crippen molar-refractivity contribution in [1.29, 1.82) is 0 Å². The first kappa shape index (κ1) is 19.2. The van der Waals surface area contributed by atoms with Gasteiger partial charge < -0.3 is 0 Å². The number of rotatable bonds is 7. The normalized spacial score (nSPS) is 18.5. The number of aryl methyl sites for hydroxylation is 1. The highest BCUT2D eigenvalue weighted by Gasteiger charge is 2.39. The van der Waals surface area contributed by atoms with Gasteiger partial charge in [-0.15, -0.1) is 11.3 Å². The molecule has 0 aliphatic carbocycles. The van der Waals surface area contributed by atoms with Gasteiger partial charge in [0.05, 0.1) is 6.04 Å². The summed E-state index contributed by atoms with van der Waals surface area (Å²) in [6.45, 7) is 4.55. The predicted octanol–water partition coefficient (Wildman–Crippen LogP) is 5.04. The molecule has 1 aliphatic rings. The van der Waals surface area contributed by atoms with Gasteiger partial charge >= 0.3 is 0 Å². The SMILES string of the molecule is CCCCC(=O)C(c1ccccc1F)N1CCc2sc(C)cc2C1OO. The van der Waals surface area contributed by atoms with Crippen molar-refractivity contribution >= 4 is 17.1 Å². The molecule has 1 aliphatic heterocycles. The van der Waals surface area contributed by atoms with E-state index in [0.29, 0.717) is 18.5 Å². The molecule has 26 heavy (non-hydrogen) atoms. The lowest BCUT2D eigenvalue weighted by atomic mass is 9.94. The molecule has 0 radical (unpaired) electrons. The van der Waals surface area contributed by atoms with E-state index in [1.807, 2.05) is 19.9 Å². The zero-order valence-electron chi connectivity index (χ0n) is 15.1. The highest BCUT2D eigenvalue weighted by molar-refractivity contribution is 7.12. The van der Waals surface area contributed by atoms with Crippen LogP contribution in [0.3, 0.4) is 0 Å². The minimum atomic E-state index is -0.770. The van der Waals surface area contributed by atoms with Crippen LogP contribution in [0.2, 0.25) is 0 Å². The maximum absolute atomic E-state index is 14.5. The Hall–Kier alpha value is -1.60. The maximum Gasteiger partial charge on any atom is 0.173 e. The predicted molar refractivity (Wildman–Crippen MR) is 99.6 cm³/mol. The highest BCUT2D eigenvalue weighted by Crippen LogP contribution is 2.41. The molecule has 6 heteroatoms. The summed E-state index contributed by atoms with van der Waals surface area (Å²) in [4.78, 5) is 21.8. The summed E-state index contributed by atoms with van der Waals surface area (Å²) in [5, 5.41) is 9.60. The summed E-state index contributed by atoms with van der Waals surface area (Å²) in [6, 6.07) is 7.57. The van der Waals surface area contributed by atoms with Crippen LogP contribution in [0.4, 0.5) is 4.39 Å². The van der Waals surface area contributed by atoms with Crippen molar-refractivity contribution in [1.82, 2.24) is 4.90 Å². The molecule has 1 aromatic heterocycles. The molecule has 1 N–H and O–H groups in total. The molecule has 0 amide bonds. The quantitative estimate of drug-likeness (QED) is 0.542. The molecule has 2 heterocycles. The molecular weight excluding hydrogens is 353 g/mol. The number of halogens is 1. The second-order valence-electron chi connectivity index (χ2n) is 6.68. The number of hydrogen-bond acceptors (Lipinski definition) is 5. The Morgan fingerprint density at radius 1 is 1.46 bits per heavy atom. The Bertz CT molecular complexity index is 776. The van der Waals surface area contributed by atoms with Crippen molar-refractivity contribution in [2.45, 2.75) is 51.8 Å². The molecule has 2 aromatic rings. The molecule has 0 saturated heterocycles. The summed E-state index contributed by atoms with van der Waals surface area (Å²) in [5.74, 6) is -0.458. The van der Waals surface area contributed by atoms with E-state index in [1.54, 1.807) is 34.4 Å². The van der Waals surface area contributed by atoms with E-state index in [1.165, 1.54) is 6.07 Å². The minimum absolute atomic E-state index is 0.0469. The van der Waals surface area contributed by atoms with E-state index in [-0.39, 0.29) is 5.78 Å². The number of carbonyl (C=O) groups is 1. The van der Waals surface area contributed by atoms with Crippen molar-refractivity contribution in [3.05, 3.63) is 57.0 Å². The smallest absolute Gasteiger partial charge is 0.173 e. The Morgan fingerprint density at radius 2 is 2.23 bits per heavy atom. The van der Waals surface area contributed by atoms with E-state index in [0.717, 1.165) is 34.6 Å². The molecule has 0 bridgehead atoms. The number of benzene rings is 1. The summed E-state index contributed by atoms with van der Waals surface area (Å²) >= 11 is 1.67. The Morgan fingerprint density at radius 3 is 2.92 bits per heavy atom. The highest BCUT2D eigenvalue weighted by atomic mass is 32.1. The monoisotopic (exact) mass is 377 g/mol. The van der Waals surface area contributed by atoms with E-state index in [9.17, 15) is 14.4 Å². The number of hydrogen-bond donors (Lipinski definition) is 1. The summed E-state index contributed by atoms with van der Waals surface area (Å²) in [7, 11) is 0. The average Bonchev–Trinajstić information content (AvgIpc) is 3.01. The summed E-state index contributed by atoms with van der Waals surface area (Å²) < 4.78 is 14.5. The number of carbonyl (C=O) groups excluding carboxylic acids is 1. The third-order valence-electron chi connectivity index (χ3n) is 4.84. The number of ketones is 1. The van der Waals surface area contributed by atoms with Gasteiger partial charge in [0, 0.05) is 33.8 Å². The molecular formula is C20H24FNO3S. The van der Waals surface area contributed by atoms with Crippen LogP contribution in [0, 0.1) is 12.7 Å². The summed E-state index contributed by atoms with van der Waals surface area (Å²) in [6.07, 6.45) is 2.01. The van der Waals surface area contributed by atoms with Crippen LogP contribution < -0.4 is 0 Å². The number of unbranched alkanes of at least 4 members (excludes halogenated alkanes) is 1. The Balaban J connectivity index is 2.01. The van der Waals surface area contributed by atoms with Crippen molar-refractivity contribution in [3.63, 3.8) is 0 Å². The van der Waals surface area contributed by atoms with Crippen LogP contribution in [0.5, 0.6) is 0 Å². The first-order valence-corrected chi connectivity index (χ1v) is 9.80. The van der Waals surface area contributed by atoms with E-state index in [4.69, 9.17) is 4.89 Å². The molecule has 4 nitrogen and oxygen atoms in total. The second-order valence-corrected chi connectivity index (χ2v) is 8.02. The van der Waals surface area contributed by atoms with Crippen molar-refractivity contribution in [3.8, 4) is 0 Å². The lowest BCUT2D eigenvalue weighted by Crippen LogP contribution is -2.42. The topological polar surface area (TPSA) is 49.8 Å². The fraction of sp³-hybridized carbons (Fsp3) is 0.450. The number of thiophene rings is 1. The van der Waals surface area contributed by atoms with Crippen LogP contribution in [-0.4, -0.2) is 22.5 Å². The zero-order chi connectivity index (χ0) is 18.7. The molecule has 1 aromatic carbocycles. The molecule has 0 spiro atoms. The molecule has 3 rings (SSSR count). The second kappa shape index (κ2) is 8.39. The van der Waals surface area contributed by atoms with Gasteiger partial charge in [-0.05, 0) is 31.9 Å². The van der Waals surface area contributed by atoms with Crippen molar-refractivity contribution in [2.75, 3.05) is 6.54 Å². The van der Waals surface area contributed by atoms with Gasteiger partial charge in [0.1, 0.15) is 5.82 Å². The van der Waals surface area contributed by atoms with Crippen molar-refractivity contribution in [2.24, 2.45) is 0 Å². The van der Waals surface area contributed by atoms with Crippen LogP contribution in [0.1, 0.15) is 59.3 Å². The van der Waals surface area contributed by atoms with Crippen LogP contribution in [-0.2, 0) is 16.1 Å². The van der Waals surface area contributed by atoms with E-state index >= 15 is 0 Å². The van der Waals surface area contributed by atoms with Crippen LogP contribution >= 0.6 is 11.3 Å². The van der Waals surface area contributed by atoms with Gasteiger partial charge in [0.15, 0.2) is 12.0 Å². The molecule has 2 atom stereocenters. The van der Waals surface area contributed by atoms with Gasteiger partial charge in [-0.25, -0.2) is 14.5 Å². The van der Waals surface area contributed by atoms with Crippen LogP contribution in [0.15, 0.2) is 30.3 Å². The Kier molecular flexibility index (Phi) is 6.19. The molecule has 140 valence electrons. The standard InChI is InChI=1S/C20H24FNO3S/c1-3-4-9-17(23)19(14-7-5-6-8-16(14)21)22-11-10-18-15(20(22)25-24)12-13(2)26-18/h5-8,12,19-20,24H,3-4,9-11H2,1-2H3. The fourth-order valence-corrected chi connectivity index (χ4v) is 4.66. The first-order chi connectivity index (χ1) is 12.6. The van der Waals surface area contributed by atoms with Gasteiger partial charge in [-0.1, -0.05) is 31.5 Å². The van der Waals surface area contributed by atoms with Crippen LogP contribution in [0.25, 0.3) is 0 Å². The summed E-state index contributed by atoms with van der Waals surface area (Å²) in [5.41, 5.74) is 1.21. The Labute approximate surface area is 157 Å². The fourth-order valence-electron chi connectivity index (χ4n) is 3.62. The molecule has 2 unspecified atom stereocenters. The van der Waals surface area contributed by atoms with E-state index < -0.39 is 18.1 Å². The van der Waals surface area contributed by atoms with Gasteiger partial charge in [0.25, 0.3) is 0 Å². The molecule has 0 saturated carbocycles. The van der Waals surface area contributed by atoms with Gasteiger partial charge in [-0.2, -0.15) is 0 Å². The van der Waals surface area contributed by atoms with Gasteiger partial charge in [-0.3, -0.25) is 9.69 Å². The van der Waals surface area contributed by atoms with E-state index in [2.05, 4.69) is 0 Å². The third-order valence-corrected chi connectivity index (χ3v) is 5.97. The maximum atomic E-state index is 14.5. The largest absolute Gasteiger partial charge is 0.298 e. The zero-order valence-corrected chi connectivity index (χ0v) is 15.9. The average molecular weight is 377 g/mol. The number of Topliss-reactive ketones (excluding diaryl/α,β-unsaturated/α-hetero) is 1. The lowest BCUT2D eigenvalue weighted by molar-refractivity contribution is -0.323. The van der Waals surface area contributed by atoms with Gasteiger partial charge in [0.2, 0.25) is 0 Å². The third kappa shape index (κ3) is 3.74. The number of fused-ring (bicyclic) bond motifs is 1. The van der Waals surface area contributed by atoms with Crippen molar-refractivity contribution < 1.29 is 19.3 Å². The lowest BCUT2D eigenvalue weighted by Gasteiger charge is -2.38. The number of nitrogens with zero attached hydrogens (tertiary/aromatic N) is 1. The minimum Gasteiger partial charge on any atom is -0.298 e. The first-order valence-electron chi connectivity index (χ1n) is 8.99.